The lowest BCUT2D eigenvalue weighted by Crippen LogP contribution is -2.46. The first kappa shape index (κ1) is 18.9. The van der Waals surface area contributed by atoms with Crippen LogP contribution >= 0.6 is 11.3 Å². The third kappa shape index (κ3) is 4.04. The molecule has 2 aromatic heterocycles. The molecule has 1 atom stereocenters. The highest BCUT2D eigenvalue weighted by Crippen LogP contribution is 2.31. The average molecular weight is 416 g/mol. The van der Waals surface area contributed by atoms with E-state index in [1.807, 2.05) is 6.07 Å². The predicted molar refractivity (Wildman–Crippen MR) is 104 cm³/mol. The molecule has 0 fully saturated rings. The summed E-state index contributed by atoms with van der Waals surface area (Å²) < 4.78 is 19.6. The molecule has 9 nitrogen and oxygen atoms in total. The van der Waals surface area contributed by atoms with Crippen molar-refractivity contribution >= 4 is 33.8 Å². The molecule has 1 aliphatic rings. The van der Waals surface area contributed by atoms with Crippen LogP contribution in [0.2, 0.25) is 0 Å². The topological polar surface area (TPSA) is 135 Å². The Balaban J connectivity index is 1.43. The van der Waals surface area contributed by atoms with Crippen LogP contribution in [0.1, 0.15) is 26.9 Å². The van der Waals surface area contributed by atoms with E-state index in [0.29, 0.717) is 22.8 Å². The third-order valence-corrected chi connectivity index (χ3v) is 5.15. The second kappa shape index (κ2) is 7.51. The van der Waals surface area contributed by atoms with E-state index in [0.717, 1.165) is 4.88 Å². The molecule has 0 spiro atoms. The molecule has 1 unspecified atom stereocenters. The van der Waals surface area contributed by atoms with E-state index in [9.17, 15) is 14.0 Å². The summed E-state index contributed by atoms with van der Waals surface area (Å²) in [6.07, 6.45) is 0.448. The number of carbonyl (C=O) groups is 2. The van der Waals surface area contributed by atoms with Crippen LogP contribution in [0.4, 0.5) is 15.1 Å². The minimum Gasteiger partial charge on any atom is -0.489 e. The minimum atomic E-state index is -1.03. The number of hydrogen-bond donors (Lipinski definition) is 4. The molecule has 1 aliphatic heterocycles. The summed E-state index contributed by atoms with van der Waals surface area (Å²) in [5.74, 6) is -1.25. The molecular formula is C18H17FN6O3S. The number of hydrogen-bond acceptors (Lipinski definition) is 7. The highest BCUT2D eigenvalue weighted by atomic mass is 32.1. The maximum absolute atomic E-state index is 14.1. The van der Waals surface area contributed by atoms with Gasteiger partial charge >= 0.3 is 0 Å². The van der Waals surface area contributed by atoms with Crippen molar-refractivity contribution in [2.45, 2.75) is 19.4 Å². The lowest BCUT2D eigenvalue weighted by molar-refractivity contribution is -0.118. The lowest BCUT2D eigenvalue weighted by atomic mass is 10.2. The number of rotatable bonds is 4. The Morgan fingerprint density at radius 1 is 1.45 bits per heavy atom. The van der Waals surface area contributed by atoms with Gasteiger partial charge in [0, 0.05) is 11.3 Å². The average Bonchev–Trinajstić information content (AvgIpc) is 3.26. The van der Waals surface area contributed by atoms with Gasteiger partial charge in [0.25, 0.3) is 11.8 Å². The number of ether oxygens (including phenoxy) is 1. The van der Waals surface area contributed by atoms with Crippen LogP contribution in [-0.2, 0) is 11.2 Å². The van der Waals surface area contributed by atoms with Crippen LogP contribution in [0.5, 0.6) is 5.75 Å². The van der Waals surface area contributed by atoms with Gasteiger partial charge in [-0.25, -0.2) is 9.37 Å². The number of nitrogens with two attached hydrogens (primary N) is 1. The number of thiophene rings is 1. The first-order valence-corrected chi connectivity index (χ1v) is 9.51. The first-order valence-electron chi connectivity index (χ1n) is 8.69. The Bertz CT molecular complexity index is 1100. The van der Waals surface area contributed by atoms with Gasteiger partial charge in [0.2, 0.25) is 5.82 Å². The predicted octanol–water partition coefficient (Wildman–Crippen LogP) is 1.62. The second-order valence-electron chi connectivity index (χ2n) is 6.53. The van der Waals surface area contributed by atoms with Gasteiger partial charge in [-0.1, -0.05) is 0 Å². The fourth-order valence-corrected chi connectivity index (χ4v) is 3.65. The Morgan fingerprint density at radius 3 is 3.03 bits per heavy atom. The quantitative estimate of drug-likeness (QED) is 0.510. The van der Waals surface area contributed by atoms with E-state index < -0.39 is 23.7 Å². The van der Waals surface area contributed by atoms with Crippen LogP contribution in [0, 0.1) is 12.7 Å². The fourth-order valence-electron chi connectivity index (χ4n) is 2.87. The number of fused-ring (bicyclic) bond motifs is 1. The van der Waals surface area contributed by atoms with Crippen molar-refractivity contribution in [3.05, 3.63) is 52.2 Å². The fraction of sp³-hybridized carbons (Fsp3) is 0.222. The van der Waals surface area contributed by atoms with Gasteiger partial charge in [0.1, 0.15) is 29.9 Å². The minimum absolute atomic E-state index is 0.0484. The van der Waals surface area contributed by atoms with Crippen LogP contribution in [0.15, 0.2) is 24.3 Å². The SMILES string of the molecule is Cc1cc(F)c2c(c1)OCC(NC(=O)c1n[nH]c(Cc3ccc(N)s3)n1)C(=O)N2. The zero-order chi connectivity index (χ0) is 20.5. The van der Waals surface area contributed by atoms with Gasteiger partial charge in [0.05, 0.1) is 5.00 Å². The number of carbonyl (C=O) groups excluding carboxylic acids is 2. The number of amides is 2. The van der Waals surface area contributed by atoms with Gasteiger partial charge < -0.3 is 21.1 Å². The van der Waals surface area contributed by atoms with E-state index in [4.69, 9.17) is 10.5 Å². The molecule has 0 aliphatic carbocycles. The number of benzene rings is 1. The Kier molecular flexibility index (Phi) is 4.89. The molecule has 0 bridgehead atoms. The molecule has 4 rings (SSSR count). The van der Waals surface area contributed by atoms with Gasteiger partial charge in [-0.05, 0) is 36.8 Å². The van der Waals surface area contributed by atoms with Crippen molar-refractivity contribution in [3.8, 4) is 5.75 Å². The Hall–Kier alpha value is -3.47. The molecule has 3 aromatic rings. The molecule has 1 aromatic carbocycles. The molecule has 3 heterocycles. The van der Waals surface area contributed by atoms with E-state index in [1.54, 1.807) is 19.1 Å². The van der Waals surface area contributed by atoms with Gasteiger partial charge in [-0.15, -0.1) is 16.4 Å². The van der Waals surface area contributed by atoms with E-state index in [2.05, 4.69) is 25.8 Å². The number of aryl methyl sites for hydroxylation is 1. The van der Waals surface area contributed by atoms with Crippen molar-refractivity contribution in [2.75, 3.05) is 17.7 Å². The maximum atomic E-state index is 14.1. The summed E-state index contributed by atoms with van der Waals surface area (Å²) in [6.45, 7) is 1.56. The first-order chi connectivity index (χ1) is 13.9. The summed E-state index contributed by atoms with van der Waals surface area (Å²) in [6, 6.07) is 5.53. The number of nitrogens with zero attached hydrogens (tertiary/aromatic N) is 2. The zero-order valence-corrected chi connectivity index (χ0v) is 16.1. The van der Waals surface area contributed by atoms with Crippen molar-refractivity contribution in [3.63, 3.8) is 0 Å². The Morgan fingerprint density at radius 2 is 2.28 bits per heavy atom. The molecule has 0 saturated carbocycles. The van der Waals surface area contributed by atoms with Gasteiger partial charge in [-0.2, -0.15) is 0 Å². The monoisotopic (exact) mass is 416 g/mol. The third-order valence-electron chi connectivity index (χ3n) is 4.23. The van der Waals surface area contributed by atoms with Crippen molar-refractivity contribution in [1.82, 2.24) is 20.5 Å². The number of aromatic nitrogens is 3. The molecule has 5 N–H and O–H groups in total. The smallest absolute Gasteiger partial charge is 0.291 e. The summed E-state index contributed by atoms with van der Waals surface area (Å²) in [5.41, 5.74) is 6.30. The van der Waals surface area contributed by atoms with Gasteiger partial charge in [-0.3, -0.25) is 14.7 Å². The molecule has 11 heteroatoms. The van der Waals surface area contributed by atoms with E-state index in [-0.39, 0.29) is 23.9 Å². The highest BCUT2D eigenvalue weighted by molar-refractivity contribution is 7.15. The lowest BCUT2D eigenvalue weighted by Gasteiger charge is -2.13. The number of aromatic amines is 1. The standard InChI is InChI=1S/C18H17FN6O3S/c1-8-4-10(19)15-12(5-8)28-7-11(17(26)23-15)21-18(27)16-22-14(24-25-16)6-9-2-3-13(20)29-9/h2-5,11H,6-7,20H2,1H3,(H,21,27)(H,23,26)(H,22,24,25). The largest absolute Gasteiger partial charge is 0.489 e. The van der Waals surface area contributed by atoms with Crippen molar-refractivity contribution < 1.29 is 18.7 Å². The maximum Gasteiger partial charge on any atom is 0.291 e. The van der Waals surface area contributed by atoms with Gasteiger partial charge in [0.15, 0.2) is 5.82 Å². The van der Waals surface area contributed by atoms with E-state index in [1.165, 1.54) is 17.4 Å². The van der Waals surface area contributed by atoms with Crippen LogP contribution in [-0.4, -0.2) is 39.6 Å². The van der Waals surface area contributed by atoms with Crippen molar-refractivity contribution in [2.24, 2.45) is 0 Å². The second-order valence-corrected chi connectivity index (χ2v) is 7.73. The van der Waals surface area contributed by atoms with Crippen LogP contribution < -0.4 is 21.1 Å². The summed E-state index contributed by atoms with van der Waals surface area (Å²) >= 11 is 1.42. The van der Waals surface area contributed by atoms with Crippen molar-refractivity contribution in [1.29, 1.82) is 0 Å². The highest BCUT2D eigenvalue weighted by Gasteiger charge is 2.29. The number of nitrogens with one attached hydrogen (secondary N) is 3. The van der Waals surface area contributed by atoms with Crippen LogP contribution in [0.3, 0.4) is 0 Å². The summed E-state index contributed by atoms with van der Waals surface area (Å²) in [4.78, 5) is 30.0. The molecular weight excluding hydrogens is 399 g/mol. The molecule has 150 valence electrons. The molecule has 0 saturated heterocycles. The Labute approximate surface area is 168 Å². The molecule has 29 heavy (non-hydrogen) atoms. The molecule has 2 amide bonds. The zero-order valence-electron chi connectivity index (χ0n) is 15.3. The number of H-pyrrole nitrogens is 1. The van der Waals surface area contributed by atoms with Crippen LogP contribution in [0.25, 0.3) is 0 Å². The number of anilines is 2. The number of nitrogen functional groups attached to an aromatic ring is 1. The number of halogens is 1. The summed E-state index contributed by atoms with van der Waals surface area (Å²) in [7, 11) is 0. The van der Waals surface area contributed by atoms with E-state index >= 15 is 0 Å². The summed E-state index contributed by atoms with van der Waals surface area (Å²) in [5, 5.41) is 12.2. The molecule has 0 radical (unpaired) electrons. The normalized spacial score (nSPS) is 15.8.